The minimum Gasteiger partial charge on any atom is -0.312 e. The number of nitrogens with one attached hydrogen (secondary N) is 1. The highest BCUT2D eigenvalue weighted by Crippen LogP contribution is 2.22. The van der Waals surface area contributed by atoms with Crippen LogP contribution in [-0.4, -0.2) is 12.1 Å². The quantitative estimate of drug-likeness (QED) is 0.646. The average molecular weight is 213 g/mol. The van der Waals surface area contributed by atoms with Crippen LogP contribution in [-0.2, 0) is 0 Å². The molecule has 15 heavy (non-hydrogen) atoms. The van der Waals surface area contributed by atoms with Gasteiger partial charge in [-0.05, 0) is 45.6 Å². The summed E-state index contributed by atoms with van der Waals surface area (Å²) < 4.78 is 0. The monoisotopic (exact) mass is 213 g/mol. The summed E-state index contributed by atoms with van der Waals surface area (Å²) in [4.78, 5) is 0. The summed E-state index contributed by atoms with van der Waals surface area (Å²) in [6.07, 6.45) is 6.84. The molecular weight excluding hydrogens is 182 g/mol. The van der Waals surface area contributed by atoms with E-state index in [1.807, 2.05) is 0 Å². The van der Waals surface area contributed by atoms with Crippen LogP contribution in [0.2, 0.25) is 0 Å². The molecule has 0 aromatic heterocycles. The van der Waals surface area contributed by atoms with E-state index in [1.165, 1.54) is 38.6 Å². The van der Waals surface area contributed by atoms with Crippen molar-refractivity contribution in [1.29, 1.82) is 0 Å². The normalized spacial score (nSPS) is 13.2. The minimum atomic E-state index is 0.283. The number of unbranched alkanes of at least 4 members (excludes halogenated alkanes) is 3. The van der Waals surface area contributed by atoms with Gasteiger partial charge in [0.05, 0.1) is 0 Å². The molecule has 0 bridgehead atoms. The predicted octanol–water partition coefficient (Wildman–Crippen LogP) is 4.37. The van der Waals surface area contributed by atoms with E-state index in [0.29, 0.717) is 5.41 Å². The lowest BCUT2D eigenvalue weighted by molar-refractivity contribution is 0.354. The number of hydrogen-bond acceptors (Lipinski definition) is 1. The lowest BCUT2D eigenvalue weighted by Gasteiger charge is -2.20. The molecule has 0 rings (SSSR count). The summed E-state index contributed by atoms with van der Waals surface area (Å²) in [5.41, 5.74) is 0.801. The van der Waals surface area contributed by atoms with E-state index in [4.69, 9.17) is 0 Å². The van der Waals surface area contributed by atoms with Crippen LogP contribution in [0.5, 0.6) is 0 Å². The van der Waals surface area contributed by atoms with Crippen molar-refractivity contribution >= 4 is 0 Å². The number of rotatable bonds is 6. The van der Waals surface area contributed by atoms with E-state index >= 15 is 0 Å². The van der Waals surface area contributed by atoms with Gasteiger partial charge < -0.3 is 5.32 Å². The molecule has 0 aliphatic carbocycles. The molecule has 1 N–H and O–H groups in total. The van der Waals surface area contributed by atoms with Crippen molar-refractivity contribution in [2.75, 3.05) is 6.54 Å². The van der Waals surface area contributed by atoms with Gasteiger partial charge in [0.2, 0.25) is 0 Å². The molecule has 1 nitrogen and oxygen atoms in total. The summed E-state index contributed by atoms with van der Waals surface area (Å²) in [5, 5.41) is 3.53. The Hall–Kier alpha value is -0.0400. The number of hydrogen-bond donors (Lipinski definition) is 1. The molecule has 0 radical (unpaired) electrons. The smallest absolute Gasteiger partial charge is 0.00965 e. The Morgan fingerprint density at radius 3 is 1.73 bits per heavy atom. The Morgan fingerprint density at radius 2 is 1.27 bits per heavy atom. The van der Waals surface area contributed by atoms with Crippen LogP contribution in [0.4, 0.5) is 0 Å². The largest absolute Gasteiger partial charge is 0.312 e. The van der Waals surface area contributed by atoms with Crippen molar-refractivity contribution in [3.05, 3.63) is 0 Å². The van der Waals surface area contributed by atoms with Gasteiger partial charge in [0.15, 0.2) is 0 Å². The fraction of sp³-hybridized carbons (Fsp3) is 1.00. The van der Waals surface area contributed by atoms with Crippen molar-refractivity contribution in [1.82, 2.24) is 5.32 Å². The van der Waals surface area contributed by atoms with E-state index < -0.39 is 0 Å². The Labute approximate surface area is 97.0 Å². The fourth-order valence-corrected chi connectivity index (χ4v) is 1.60. The molecular formula is C14H31N. The van der Waals surface area contributed by atoms with Crippen LogP contribution < -0.4 is 5.32 Å². The van der Waals surface area contributed by atoms with Gasteiger partial charge in [-0.25, -0.2) is 0 Å². The van der Waals surface area contributed by atoms with E-state index in [0.717, 1.165) is 0 Å². The SMILES string of the molecule is CC(C)(C)CCCCCCNC(C)(C)C. The third-order valence-electron chi connectivity index (χ3n) is 2.51. The van der Waals surface area contributed by atoms with Crippen LogP contribution in [0, 0.1) is 5.41 Å². The molecule has 0 heterocycles. The van der Waals surface area contributed by atoms with Crippen LogP contribution >= 0.6 is 0 Å². The van der Waals surface area contributed by atoms with Gasteiger partial charge in [-0.2, -0.15) is 0 Å². The summed E-state index contributed by atoms with van der Waals surface area (Å²) in [7, 11) is 0. The molecule has 0 amide bonds. The highest BCUT2D eigenvalue weighted by Gasteiger charge is 2.09. The zero-order chi connectivity index (χ0) is 11.9. The summed E-state index contributed by atoms with van der Waals surface area (Å²) in [5.74, 6) is 0. The van der Waals surface area contributed by atoms with Gasteiger partial charge in [-0.3, -0.25) is 0 Å². The van der Waals surface area contributed by atoms with Gasteiger partial charge in [0.1, 0.15) is 0 Å². The third-order valence-corrected chi connectivity index (χ3v) is 2.51. The highest BCUT2D eigenvalue weighted by atomic mass is 14.9. The van der Waals surface area contributed by atoms with Crippen LogP contribution in [0.3, 0.4) is 0 Å². The molecule has 0 unspecified atom stereocenters. The second-order valence-corrected chi connectivity index (χ2v) is 6.90. The van der Waals surface area contributed by atoms with E-state index in [1.54, 1.807) is 0 Å². The average Bonchev–Trinajstić information content (AvgIpc) is 1.98. The van der Waals surface area contributed by atoms with Crippen molar-refractivity contribution in [2.45, 2.75) is 79.2 Å². The molecule has 0 fully saturated rings. The van der Waals surface area contributed by atoms with Crippen LogP contribution in [0.25, 0.3) is 0 Å². The zero-order valence-corrected chi connectivity index (χ0v) is 11.7. The molecule has 0 saturated heterocycles. The van der Waals surface area contributed by atoms with Gasteiger partial charge in [-0.15, -0.1) is 0 Å². The fourth-order valence-electron chi connectivity index (χ4n) is 1.60. The van der Waals surface area contributed by atoms with Crippen LogP contribution in [0.1, 0.15) is 73.6 Å². The lowest BCUT2D eigenvalue weighted by Crippen LogP contribution is -2.36. The first-order valence-corrected chi connectivity index (χ1v) is 6.46. The van der Waals surface area contributed by atoms with Gasteiger partial charge >= 0.3 is 0 Å². The molecule has 0 aromatic rings. The highest BCUT2D eigenvalue weighted by molar-refractivity contribution is 4.69. The van der Waals surface area contributed by atoms with Crippen molar-refractivity contribution in [3.63, 3.8) is 0 Å². The molecule has 0 aliphatic heterocycles. The molecule has 0 atom stereocenters. The summed E-state index contributed by atoms with van der Waals surface area (Å²) in [6.45, 7) is 14.8. The van der Waals surface area contributed by atoms with Crippen molar-refractivity contribution in [2.24, 2.45) is 5.41 Å². The molecule has 1 heteroatoms. The summed E-state index contributed by atoms with van der Waals surface area (Å²) >= 11 is 0. The Bertz CT molecular complexity index is 130. The molecule has 92 valence electrons. The van der Waals surface area contributed by atoms with Crippen molar-refractivity contribution < 1.29 is 0 Å². The molecule has 0 aromatic carbocycles. The minimum absolute atomic E-state index is 0.283. The molecule has 0 saturated carbocycles. The second-order valence-electron chi connectivity index (χ2n) is 6.90. The van der Waals surface area contributed by atoms with Gasteiger partial charge in [0.25, 0.3) is 0 Å². The predicted molar refractivity (Wildman–Crippen MR) is 70.3 cm³/mol. The summed E-state index contributed by atoms with van der Waals surface area (Å²) in [6, 6.07) is 0. The third kappa shape index (κ3) is 14.0. The maximum atomic E-state index is 3.53. The molecule has 0 spiro atoms. The first-order valence-electron chi connectivity index (χ1n) is 6.46. The second kappa shape index (κ2) is 6.52. The van der Waals surface area contributed by atoms with Gasteiger partial charge in [0, 0.05) is 5.54 Å². The van der Waals surface area contributed by atoms with Crippen LogP contribution in [0.15, 0.2) is 0 Å². The maximum Gasteiger partial charge on any atom is 0.00965 e. The molecule has 0 aliphatic rings. The first-order chi connectivity index (χ1) is 6.71. The Kier molecular flexibility index (Phi) is 6.51. The van der Waals surface area contributed by atoms with E-state index in [2.05, 4.69) is 46.9 Å². The Morgan fingerprint density at radius 1 is 0.733 bits per heavy atom. The first kappa shape index (κ1) is 15.0. The van der Waals surface area contributed by atoms with E-state index in [-0.39, 0.29) is 5.54 Å². The Balaban J connectivity index is 3.20. The zero-order valence-electron chi connectivity index (χ0n) is 11.7. The standard InChI is InChI=1S/C14H31N/c1-13(2,3)11-9-7-8-10-12-15-14(4,5)6/h15H,7-12H2,1-6H3. The topological polar surface area (TPSA) is 12.0 Å². The van der Waals surface area contributed by atoms with E-state index in [9.17, 15) is 0 Å². The lowest BCUT2D eigenvalue weighted by atomic mass is 9.89. The maximum absolute atomic E-state index is 3.53. The van der Waals surface area contributed by atoms with Gasteiger partial charge in [-0.1, -0.05) is 40.0 Å². The van der Waals surface area contributed by atoms with Crippen molar-refractivity contribution in [3.8, 4) is 0 Å².